The Kier molecular flexibility index (Phi) is 6.12. The number of nitrogens with one attached hydrogen (secondary N) is 2. The van der Waals surface area contributed by atoms with Crippen molar-refractivity contribution >= 4 is 21.4 Å². The molecule has 0 saturated carbocycles. The van der Waals surface area contributed by atoms with Gasteiger partial charge in [-0.1, -0.05) is 0 Å². The average molecular weight is 457 g/mol. The SMILES string of the molecule is COc1ccc(N2CC(C)NC(C)C2)cc1NS(=O)(=O)c1ccc(-c2ccc(C)o2)nc1. The Morgan fingerprint density at radius 1 is 1.12 bits per heavy atom. The number of benzene rings is 1. The molecule has 1 aliphatic rings. The van der Waals surface area contributed by atoms with E-state index in [0.717, 1.165) is 24.5 Å². The number of hydrogen-bond acceptors (Lipinski definition) is 7. The minimum atomic E-state index is -3.86. The molecule has 4 rings (SSSR count). The van der Waals surface area contributed by atoms with Crippen LogP contribution in [0.3, 0.4) is 0 Å². The second-order valence-corrected chi connectivity index (χ2v) is 9.84. The number of rotatable bonds is 6. The van der Waals surface area contributed by atoms with Gasteiger partial charge in [0.1, 0.15) is 22.1 Å². The van der Waals surface area contributed by atoms with Gasteiger partial charge in [0.25, 0.3) is 10.0 Å². The zero-order chi connectivity index (χ0) is 22.9. The van der Waals surface area contributed by atoms with Crippen LogP contribution in [0.1, 0.15) is 19.6 Å². The fraction of sp³-hybridized carbons (Fsp3) is 0.348. The van der Waals surface area contributed by atoms with Gasteiger partial charge in [-0.05, 0) is 63.2 Å². The molecule has 0 radical (unpaired) electrons. The van der Waals surface area contributed by atoms with Crippen molar-refractivity contribution in [1.82, 2.24) is 10.3 Å². The first kappa shape index (κ1) is 22.2. The average Bonchev–Trinajstić information content (AvgIpc) is 3.19. The summed E-state index contributed by atoms with van der Waals surface area (Å²) in [5.74, 6) is 1.80. The van der Waals surface area contributed by atoms with Gasteiger partial charge in [-0.3, -0.25) is 9.71 Å². The van der Waals surface area contributed by atoms with Gasteiger partial charge in [0.15, 0.2) is 5.76 Å². The topological polar surface area (TPSA) is 96.7 Å². The van der Waals surface area contributed by atoms with Crippen LogP contribution in [0.5, 0.6) is 5.75 Å². The van der Waals surface area contributed by atoms with Gasteiger partial charge in [0, 0.05) is 37.1 Å². The zero-order valence-electron chi connectivity index (χ0n) is 18.6. The Hall–Kier alpha value is -3.04. The monoisotopic (exact) mass is 456 g/mol. The number of nitrogens with zero attached hydrogens (tertiary/aromatic N) is 2. The van der Waals surface area contributed by atoms with Gasteiger partial charge in [0.2, 0.25) is 0 Å². The first-order valence-corrected chi connectivity index (χ1v) is 12.0. The molecule has 9 heteroatoms. The van der Waals surface area contributed by atoms with E-state index in [1.54, 1.807) is 18.2 Å². The van der Waals surface area contributed by atoms with Gasteiger partial charge < -0.3 is 19.4 Å². The Morgan fingerprint density at radius 2 is 1.88 bits per heavy atom. The van der Waals surface area contributed by atoms with Gasteiger partial charge in [-0.25, -0.2) is 8.42 Å². The highest BCUT2D eigenvalue weighted by atomic mass is 32.2. The maximum Gasteiger partial charge on any atom is 0.263 e. The minimum Gasteiger partial charge on any atom is -0.495 e. The van der Waals surface area contributed by atoms with Crippen LogP contribution in [-0.2, 0) is 10.0 Å². The molecular formula is C23H28N4O4S. The number of pyridine rings is 1. The highest BCUT2D eigenvalue weighted by Gasteiger charge is 2.23. The molecule has 3 heterocycles. The smallest absolute Gasteiger partial charge is 0.263 e. The Balaban J connectivity index is 1.59. The summed E-state index contributed by atoms with van der Waals surface area (Å²) in [5, 5.41) is 3.50. The number of aryl methyl sites for hydroxylation is 1. The second kappa shape index (κ2) is 8.84. The van der Waals surface area contributed by atoms with E-state index in [1.807, 2.05) is 25.1 Å². The minimum absolute atomic E-state index is 0.0569. The van der Waals surface area contributed by atoms with Crippen molar-refractivity contribution in [2.45, 2.75) is 37.8 Å². The molecular weight excluding hydrogens is 428 g/mol. The summed E-state index contributed by atoms with van der Waals surface area (Å²) in [6, 6.07) is 13.0. The molecule has 2 aromatic heterocycles. The summed E-state index contributed by atoms with van der Waals surface area (Å²) in [5.41, 5.74) is 1.89. The molecule has 1 aliphatic heterocycles. The van der Waals surface area contributed by atoms with Crippen molar-refractivity contribution in [1.29, 1.82) is 0 Å². The van der Waals surface area contributed by atoms with Gasteiger partial charge in [-0.15, -0.1) is 0 Å². The second-order valence-electron chi connectivity index (χ2n) is 8.15. The van der Waals surface area contributed by atoms with Crippen LogP contribution in [0.2, 0.25) is 0 Å². The number of aromatic nitrogens is 1. The molecule has 32 heavy (non-hydrogen) atoms. The van der Waals surface area contributed by atoms with Crippen LogP contribution in [-0.4, -0.2) is 45.7 Å². The van der Waals surface area contributed by atoms with Crippen LogP contribution in [0, 0.1) is 6.92 Å². The number of furan rings is 1. The molecule has 1 fully saturated rings. The van der Waals surface area contributed by atoms with E-state index in [1.165, 1.54) is 19.4 Å². The van der Waals surface area contributed by atoms with Crippen molar-refractivity contribution in [3.05, 3.63) is 54.4 Å². The number of anilines is 2. The molecule has 8 nitrogen and oxygen atoms in total. The van der Waals surface area contributed by atoms with E-state index in [4.69, 9.17) is 9.15 Å². The number of ether oxygens (including phenoxy) is 1. The van der Waals surface area contributed by atoms with Crippen LogP contribution in [0.4, 0.5) is 11.4 Å². The Labute approximate surface area is 188 Å². The standard InChI is InChI=1S/C23H28N4O4S/c1-15-13-27(14-16(2)25-15)18-6-10-22(30-4)21(11-18)26-32(28,29)19-7-8-20(24-12-19)23-9-5-17(3)31-23/h5-12,15-16,25-26H,13-14H2,1-4H3. The maximum atomic E-state index is 13.1. The van der Waals surface area contributed by atoms with E-state index >= 15 is 0 Å². The molecule has 0 bridgehead atoms. The van der Waals surface area contributed by atoms with Crippen LogP contribution >= 0.6 is 0 Å². The molecule has 2 unspecified atom stereocenters. The summed E-state index contributed by atoms with van der Waals surface area (Å²) in [4.78, 5) is 6.56. The van der Waals surface area contributed by atoms with Crippen LogP contribution < -0.4 is 19.7 Å². The lowest BCUT2D eigenvalue weighted by molar-refractivity contribution is 0.406. The molecule has 3 aromatic rings. The van der Waals surface area contributed by atoms with Crippen LogP contribution in [0.25, 0.3) is 11.5 Å². The fourth-order valence-electron chi connectivity index (χ4n) is 3.97. The number of piperazine rings is 1. The molecule has 170 valence electrons. The predicted octanol–water partition coefficient (Wildman–Crippen LogP) is 3.65. The zero-order valence-corrected chi connectivity index (χ0v) is 19.4. The molecule has 1 saturated heterocycles. The third-order valence-corrected chi connectivity index (χ3v) is 6.74. The summed E-state index contributed by atoms with van der Waals surface area (Å²) < 4.78 is 39.7. The quantitative estimate of drug-likeness (QED) is 0.584. The summed E-state index contributed by atoms with van der Waals surface area (Å²) >= 11 is 0. The molecule has 0 amide bonds. The lowest BCUT2D eigenvalue weighted by Crippen LogP contribution is -2.54. The van der Waals surface area contributed by atoms with Crippen molar-refractivity contribution in [3.8, 4) is 17.2 Å². The van der Waals surface area contributed by atoms with E-state index < -0.39 is 10.0 Å². The summed E-state index contributed by atoms with van der Waals surface area (Å²) in [6.45, 7) is 7.78. The van der Waals surface area contributed by atoms with E-state index in [2.05, 4.69) is 33.8 Å². The van der Waals surface area contributed by atoms with Gasteiger partial charge in [0.05, 0.1) is 12.8 Å². The fourth-order valence-corrected chi connectivity index (χ4v) is 4.98. The highest BCUT2D eigenvalue weighted by molar-refractivity contribution is 7.92. The summed E-state index contributed by atoms with van der Waals surface area (Å²) in [6.07, 6.45) is 1.32. The number of methoxy groups -OCH3 is 1. The Bertz CT molecular complexity index is 1180. The van der Waals surface area contributed by atoms with Gasteiger partial charge in [-0.2, -0.15) is 0 Å². The van der Waals surface area contributed by atoms with E-state index in [-0.39, 0.29) is 4.90 Å². The van der Waals surface area contributed by atoms with Crippen molar-refractivity contribution < 1.29 is 17.6 Å². The first-order chi connectivity index (χ1) is 15.2. The molecule has 2 N–H and O–H groups in total. The Morgan fingerprint density at radius 3 is 2.47 bits per heavy atom. The number of sulfonamides is 1. The molecule has 1 aromatic carbocycles. The molecule has 0 spiro atoms. The third kappa shape index (κ3) is 4.73. The largest absolute Gasteiger partial charge is 0.495 e. The van der Waals surface area contributed by atoms with Crippen molar-refractivity contribution in [2.75, 3.05) is 29.8 Å². The molecule has 0 aliphatic carbocycles. The number of hydrogen-bond donors (Lipinski definition) is 2. The van der Waals surface area contributed by atoms with E-state index in [0.29, 0.717) is 35.0 Å². The lowest BCUT2D eigenvalue weighted by atomic mass is 10.1. The summed E-state index contributed by atoms with van der Waals surface area (Å²) in [7, 11) is -2.35. The first-order valence-electron chi connectivity index (χ1n) is 10.5. The lowest BCUT2D eigenvalue weighted by Gasteiger charge is -2.38. The predicted molar refractivity (Wildman–Crippen MR) is 125 cm³/mol. The van der Waals surface area contributed by atoms with Crippen molar-refractivity contribution in [3.63, 3.8) is 0 Å². The normalized spacial score (nSPS) is 19.1. The van der Waals surface area contributed by atoms with Crippen molar-refractivity contribution in [2.24, 2.45) is 0 Å². The van der Waals surface area contributed by atoms with Gasteiger partial charge >= 0.3 is 0 Å². The van der Waals surface area contributed by atoms with Crippen LogP contribution in [0.15, 0.2) is 58.0 Å². The highest BCUT2D eigenvalue weighted by Crippen LogP contribution is 2.32. The third-order valence-electron chi connectivity index (χ3n) is 5.39. The van der Waals surface area contributed by atoms with E-state index in [9.17, 15) is 8.42 Å². The molecule has 2 atom stereocenters. The maximum absolute atomic E-state index is 13.1.